The summed E-state index contributed by atoms with van der Waals surface area (Å²) in [6, 6.07) is 17.3. The normalized spacial score (nSPS) is 12.1. The van der Waals surface area contributed by atoms with Gasteiger partial charge in [-0.15, -0.1) is 0 Å². The number of hydrogen-bond acceptors (Lipinski definition) is 4. The van der Waals surface area contributed by atoms with E-state index >= 15 is 0 Å². The highest BCUT2D eigenvalue weighted by Crippen LogP contribution is 2.12. The number of amides is 1. The second-order valence-electron chi connectivity index (χ2n) is 7.19. The van der Waals surface area contributed by atoms with Crippen LogP contribution in [0.1, 0.15) is 26.1 Å². The van der Waals surface area contributed by atoms with Crippen LogP contribution in [-0.2, 0) is 11.2 Å². The second-order valence-corrected chi connectivity index (χ2v) is 7.19. The molecule has 1 heterocycles. The Labute approximate surface area is 164 Å². The van der Waals surface area contributed by atoms with Crippen molar-refractivity contribution in [1.82, 2.24) is 15.3 Å². The van der Waals surface area contributed by atoms with Crippen LogP contribution in [0.4, 0.5) is 5.69 Å². The number of anilines is 1. The smallest absolute Gasteiger partial charge is 0.258 e. The highest BCUT2D eigenvalue weighted by molar-refractivity contribution is 5.78. The first-order valence-electron chi connectivity index (χ1n) is 9.59. The van der Waals surface area contributed by atoms with Crippen molar-refractivity contribution in [2.45, 2.75) is 32.7 Å². The molecule has 0 aliphatic heterocycles. The summed E-state index contributed by atoms with van der Waals surface area (Å²) >= 11 is 0. The lowest BCUT2D eigenvalue weighted by Crippen LogP contribution is -2.39. The molecule has 1 unspecified atom stereocenters. The molecule has 0 saturated carbocycles. The van der Waals surface area contributed by atoms with Crippen molar-refractivity contribution in [3.63, 3.8) is 0 Å². The maximum atomic E-state index is 12.3. The lowest BCUT2D eigenvalue weighted by atomic mass is 10.0. The minimum absolute atomic E-state index is 0.0590. The predicted molar refractivity (Wildman–Crippen MR) is 112 cm³/mol. The number of rotatable bonds is 8. The SMILES string of the molecule is CC(C)C(CNC(=O)CCc1nc2ccccc2c(=O)[nH]1)Nc1ccccc1. The maximum Gasteiger partial charge on any atom is 0.258 e. The molecule has 0 saturated heterocycles. The third kappa shape index (κ3) is 5.19. The average Bonchev–Trinajstić information content (AvgIpc) is 2.70. The first-order chi connectivity index (χ1) is 13.5. The van der Waals surface area contributed by atoms with Gasteiger partial charge in [0.2, 0.25) is 5.91 Å². The summed E-state index contributed by atoms with van der Waals surface area (Å²) in [5, 5.41) is 7.00. The van der Waals surface area contributed by atoms with Gasteiger partial charge in [-0.2, -0.15) is 0 Å². The molecule has 1 atom stereocenters. The fraction of sp³-hybridized carbons (Fsp3) is 0.318. The highest BCUT2D eigenvalue weighted by atomic mass is 16.1. The topological polar surface area (TPSA) is 86.9 Å². The largest absolute Gasteiger partial charge is 0.380 e. The van der Waals surface area contributed by atoms with E-state index in [1.807, 2.05) is 36.4 Å². The fourth-order valence-corrected chi connectivity index (χ4v) is 3.00. The van der Waals surface area contributed by atoms with Gasteiger partial charge in [0.1, 0.15) is 5.82 Å². The van der Waals surface area contributed by atoms with Gasteiger partial charge in [-0.3, -0.25) is 9.59 Å². The van der Waals surface area contributed by atoms with Gasteiger partial charge in [0, 0.05) is 31.1 Å². The molecule has 3 rings (SSSR count). The number of aromatic amines is 1. The molecule has 1 aromatic heterocycles. The van der Waals surface area contributed by atoms with Crippen molar-refractivity contribution < 1.29 is 4.79 Å². The molecule has 28 heavy (non-hydrogen) atoms. The lowest BCUT2D eigenvalue weighted by Gasteiger charge is -2.24. The molecule has 3 N–H and O–H groups in total. The Balaban J connectivity index is 1.54. The maximum absolute atomic E-state index is 12.3. The number of fused-ring (bicyclic) bond motifs is 1. The number of nitrogens with zero attached hydrogens (tertiary/aromatic N) is 1. The van der Waals surface area contributed by atoms with Crippen LogP contribution < -0.4 is 16.2 Å². The van der Waals surface area contributed by atoms with Crippen LogP contribution in [0.5, 0.6) is 0 Å². The van der Waals surface area contributed by atoms with Crippen molar-refractivity contribution in [1.29, 1.82) is 0 Å². The van der Waals surface area contributed by atoms with Crippen LogP contribution in [0.2, 0.25) is 0 Å². The summed E-state index contributed by atoms with van der Waals surface area (Å²) in [4.78, 5) is 31.6. The van der Waals surface area contributed by atoms with Gasteiger partial charge in [-0.1, -0.05) is 44.2 Å². The Kier molecular flexibility index (Phi) is 6.42. The number of nitrogens with one attached hydrogen (secondary N) is 3. The number of H-pyrrole nitrogens is 1. The van der Waals surface area contributed by atoms with E-state index < -0.39 is 0 Å². The summed E-state index contributed by atoms with van der Waals surface area (Å²) in [6.07, 6.45) is 0.668. The van der Waals surface area contributed by atoms with E-state index in [2.05, 4.69) is 34.4 Å². The number of benzene rings is 2. The van der Waals surface area contributed by atoms with Gasteiger partial charge in [-0.25, -0.2) is 4.98 Å². The van der Waals surface area contributed by atoms with Crippen LogP contribution >= 0.6 is 0 Å². The van der Waals surface area contributed by atoms with Crippen molar-refractivity contribution in [2.24, 2.45) is 5.92 Å². The standard InChI is InChI=1S/C22H26N4O2/c1-15(2)19(24-16-8-4-3-5-9-16)14-23-21(27)13-12-20-25-18-11-7-6-10-17(18)22(28)26-20/h3-11,15,19,24H,12-14H2,1-2H3,(H,23,27)(H,25,26,28). The number of aromatic nitrogens is 2. The Morgan fingerprint density at radius 3 is 2.54 bits per heavy atom. The highest BCUT2D eigenvalue weighted by Gasteiger charge is 2.15. The van der Waals surface area contributed by atoms with E-state index in [0.717, 1.165) is 5.69 Å². The summed E-state index contributed by atoms with van der Waals surface area (Å²) in [5.74, 6) is 0.831. The summed E-state index contributed by atoms with van der Waals surface area (Å²) in [5.41, 5.74) is 1.51. The van der Waals surface area contributed by atoms with Gasteiger partial charge >= 0.3 is 0 Å². The first kappa shape index (κ1) is 19.6. The zero-order valence-electron chi connectivity index (χ0n) is 16.2. The van der Waals surface area contributed by atoms with Crippen LogP contribution in [0, 0.1) is 5.92 Å². The molecule has 6 nitrogen and oxygen atoms in total. The second kappa shape index (κ2) is 9.17. The van der Waals surface area contributed by atoms with E-state index in [9.17, 15) is 9.59 Å². The zero-order chi connectivity index (χ0) is 19.9. The molecule has 3 aromatic rings. The molecule has 1 amide bonds. The third-order valence-electron chi connectivity index (χ3n) is 4.70. The first-order valence-corrected chi connectivity index (χ1v) is 9.59. The molecule has 0 bridgehead atoms. The number of carbonyl (C=O) groups excluding carboxylic acids is 1. The van der Waals surface area contributed by atoms with Crippen molar-refractivity contribution in [2.75, 3.05) is 11.9 Å². The van der Waals surface area contributed by atoms with E-state index in [0.29, 0.717) is 35.6 Å². The number of aryl methyl sites for hydroxylation is 1. The molecule has 0 radical (unpaired) electrons. The summed E-state index contributed by atoms with van der Waals surface area (Å²) < 4.78 is 0. The lowest BCUT2D eigenvalue weighted by molar-refractivity contribution is -0.121. The molecule has 0 aliphatic rings. The fourth-order valence-electron chi connectivity index (χ4n) is 3.00. The molecule has 0 aliphatic carbocycles. The van der Waals surface area contributed by atoms with Crippen molar-refractivity contribution in [3.05, 3.63) is 70.8 Å². The van der Waals surface area contributed by atoms with Gasteiger partial charge in [-0.05, 0) is 30.2 Å². The molecular weight excluding hydrogens is 352 g/mol. The van der Waals surface area contributed by atoms with Crippen molar-refractivity contribution in [3.8, 4) is 0 Å². The van der Waals surface area contributed by atoms with Gasteiger partial charge in [0.15, 0.2) is 0 Å². The van der Waals surface area contributed by atoms with Crippen LogP contribution in [0.25, 0.3) is 10.9 Å². The number of hydrogen-bond donors (Lipinski definition) is 3. The zero-order valence-corrected chi connectivity index (χ0v) is 16.2. The van der Waals surface area contributed by atoms with Crippen LogP contribution in [0.15, 0.2) is 59.4 Å². The summed E-state index contributed by atoms with van der Waals surface area (Å²) in [6.45, 7) is 4.78. The molecule has 2 aromatic carbocycles. The monoisotopic (exact) mass is 378 g/mol. The third-order valence-corrected chi connectivity index (χ3v) is 4.70. The molecule has 0 fully saturated rings. The average molecular weight is 378 g/mol. The van der Waals surface area contributed by atoms with E-state index in [1.54, 1.807) is 18.2 Å². The van der Waals surface area contributed by atoms with Crippen LogP contribution in [-0.4, -0.2) is 28.5 Å². The van der Waals surface area contributed by atoms with E-state index in [1.165, 1.54) is 0 Å². The van der Waals surface area contributed by atoms with Gasteiger partial charge < -0.3 is 15.6 Å². The van der Waals surface area contributed by atoms with Crippen molar-refractivity contribution >= 4 is 22.5 Å². The Morgan fingerprint density at radius 2 is 1.79 bits per heavy atom. The molecule has 146 valence electrons. The minimum atomic E-state index is -0.173. The molecule has 0 spiro atoms. The Bertz CT molecular complexity index is 982. The number of carbonyl (C=O) groups is 1. The van der Waals surface area contributed by atoms with Crippen LogP contribution in [0.3, 0.4) is 0 Å². The molecular formula is C22H26N4O2. The van der Waals surface area contributed by atoms with E-state index in [-0.39, 0.29) is 23.9 Å². The van der Waals surface area contributed by atoms with E-state index in [4.69, 9.17) is 0 Å². The van der Waals surface area contributed by atoms with Gasteiger partial charge in [0.25, 0.3) is 5.56 Å². The Hall–Kier alpha value is -3.15. The Morgan fingerprint density at radius 1 is 1.07 bits per heavy atom. The minimum Gasteiger partial charge on any atom is -0.380 e. The number of para-hydroxylation sites is 2. The predicted octanol–water partition coefficient (Wildman–Crippen LogP) is 3.11. The quantitative estimate of drug-likeness (QED) is 0.562. The summed E-state index contributed by atoms with van der Waals surface area (Å²) in [7, 11) is 0. The van der Waals surface area contributed by atoms with Gasteiger partial charge in [0.05, 0.1) is 10.9 Å². The molecule has 6 heteroatoms.